The Morgan fingerprint density at radius 3 is 2.84 bits per heavy atom. The molecule has 2 rings (SSSR count). The van der Waals surface area contributed by atoms with Crippen molar-refractivity contribution in [2.24, 2.45) is 0 Å². The summed E-state index contributed by atoms with van der Waals surface area (Å²) in [6, 6.07) is 7.11. The van der Waals surface area contributed by atoms with E-state index in [0.29, 0.717) is 29.4 Å². The van der Waals surface area contributed by atoms with E-state index in [1.807, 2.05) is 12.1 Å². The Morgan fingerprint density at radius 1 is 1.32 bits per heavy atom. The second-order valence-corrected chi connectivity index (χ2v) is 4.94. The van der Waals surface area contributed by atoms with E-state index in [2.05, 4.69) is 15.5 Å². The van der Waals surface area contributed by atoms with E-state index in [0.717, 1.165) is 11.3 Å². The van der Waals surface area contributed by atoms with Gasteiger partial charge in [0.15, 0.2) is 0 Å². The van der Waals surface area contributed by atoms with Crippen LogP contribution in [0.1, 0.15) is 17.7 Å². The summed E-state index contributed by atoms with van der Waals surface area (Å²) in [6.45, 7) is 0.452. The van der Waals surface area contributed by atoms with Crippen LogP contribution in [0.5, 0.6) is 0 Å². The van der Waals surface area contributed by atoms with Gasteiger partial charge in [0.2, 0.25) is 5.91 Å². The zero-order valence-electron chi connectivity index (χ0n) is 10.1. The Morgan fingerprint density at radius 2 is 2.16 bits per heavy atom. The molecule has 0 saturated carbocycles. The number of rotatable bonds is 5. The van der Waals surface area contributed by atoms with Crippen molar-refractivity contribution in [2.75, 3.05) is 0 Å². The first-order valence-corrected chi connectivity index (χ1v) is 6.59. The van der Waals surface area contributed by atoms with Crippen LogP contribution in [0.15, 0.2) is 30.5 Å². The normalized spacial score (nSPS) is 10.4. The number of aromatic nitrogens is 2. The number of amides is 1. The first-order valence-electron chi connectivity index (χ1n) is 5.84. The highest BCUT2D eigenvalue weighted by Gasteiger charge is 2.06. The van der Waals surface area contributed by atoms with Gasteiger partial charge in [0, 0.05) is 22.7 Å². The summed E-state index contributed by atoms with van der Waals surface area (Å²) in [5.41, 5.74) is 1.79. The van der Waals surface area contributed by atoms with Gasteiger partial charge in [-0.2, -0.15) is 5.10 Å². The van der Waals surface area contributed by atoms with E-state index in [9.17, 15) is 4.79 Å². The van der Waals surface area contributed by atoms with E-state index >= 15 is 0 Å². The number of benzene rings is 1. The molecule has 100 valence electrons. The minimum atomic E-state index is -0.0272. The van der Waals surface area contributed by atoms with Gasteiger partial charge in [0.05, 0.1) is 12.2 Å². The van der Waals surface area contributed by atoms with Crippen LogP contribution in [0.4, 0.5) is 0 Å². The highest BCUT2D eigenvalue weighted by atomic mass is 35.5. The zero-order chi connectivity index (χ0) is 13.7. The largest absolute Gasteiger partial charge is 0.350 e. The predicted molar refractivity (Wildman–Crippen MR) is 75.2 cm³/mol. The Labute approximate surface area is 121 Å². The Kier molecular flexibility index (Phi) is 4.82. The van der Waals surface area contributed by atoms with Crippen LogP contribution in [-0.2, 0) is 17.8 Å². The molecule has 0 unspecified atom stereocenters. The number of nitrogens with zero attached hydrogens (tertiary/aromatic N) is 1. The van der Waals surface area contributed by atoms with Crippen molar-refractivity contribution >= 4 is 29.1 Å². The standard InChI is InChI=1S/C13H13Cl2N3O/c14-10-3-1-9(12(15)7-10)2-4-13(19)16-8-11-5-6-17-18-11/h1,3,5-7H,2,4,8H2,(H,16,19)(H,17,18). The van der Waals surface area contributed by atoms with Gasteiger partial charge in [-0.3, -0.25) is 9.89 Å². The van der Waals surface area contributed by atoms with E-state index in [4.69, 9.17) is 23.2 Å². The molecule has 2 aromatic rings. The van der Waals surface area contributed by atoms with Crippen molar-refractivity contribution < 1.29 is 4.79 Å². The maximum absolute atomic E-state index is 11.7. The third-order valence-electron chi connectivity index (χ3n) is 2.67. The maximum Gasteiger partial charge on any atom is 0.220 e. The smallest absolute Gasteiger partial charge is 0.220 e. The topological polar surface area (TPSA) is 57.8 Å². The molecular formula is C13H13Cl2N3O. The van der Waals surface area contributed by atoms with Gasteiger partial charge >= 0.3 is 0 Å². The van der Waals surface area contributed by atoms with Crippen LogP contribution in [-0.4, -0.2) is 16.1 Å². The van der Waals surface area contributed by atoms with E-state index in [1.165, 1.54) is 0 Å². The number of hydrogen-bond acceptors (Lipinski definition) is 2. The number of carbonyl (C=O) groups excluding carboxylic acids is 1. The van der Waals surface area contributed by atoms with Crippen LogP contribution in [0.2, 0.25) is 10.0 Å². The molecule has 0 saturated heterocycles. The van der Waals surface area contributed by atoms with Crippen molar-refractivity contribution in [3.05, 3.63) is 51.8 Å². The van der Waals surface area contributed by atoms with Crippen LogP contribution < -0.4 is 5.32 Å². The average molecular weight is 298 g/mol. The lowest BCUT2D eigenvalue weighted by atomic mass is 10.1. The lowest BCUT2D eigenvalue weighted by Gasteiger charge is -2.06. The Bertz CT molecular complexity index is 555. The highest BCUT2D eigenvalue weighted by Crippen LogP contribution is 2.21. The molecule has 1 aromatic carbocycles. The zero-order valence-corrected chi connectivity index (χ0v) is 11.6. The van der Waals surface area contributed by atoms with Crippen molar-refractivity contribution in [1.29, 1.82) is 0 Å². The quantitative estimate of drug-likeness (QED) is 0.891. The van der Waals surface area contributed by atoms with Gasteiger partial charge in [-0.25, -0.2) is 0 Å². The molecular weight excluding hydrogens is 285 g/mol. The first-order chi connectivity index (χ1) is 9.15. The summed E-state index contributed by atoms with van der Waals surface area (Å²) >= 11 is 11.9. The number of nitrogens with one attached hydrogen (secondary N) is 2. The number of aryl methyl sites for hydroxylation is 1. The predicted octanol–water partition coefficient (Wildman–Crippen LogP) is 2.97. The fourth-order valence-electron chi connectivity index (χ4n) is 1.64. The van der Waals surface area contributed by atoms with E-state index in [1.54, 1.807) is 18.3 Å². The number of hydrogen-bond donors (Lipinski definition) is 2. The average Bonchev–Trinajstić information content (AvgIpc) is 2.88. The van der Waals surface area contributed by atoms with Gasteiger partial charge in [-0.05, 0) is 30.2 Å². The van der Waals surface area contributed by atoms with Crippen molar-refractivity contribution in [1.82, 2.24) is 15.5 Å². The second kappa shape index (κ2) is 6.59. The molecule has 2 N–H and O–H groups in total. The number of halogens is 2. The molecule has 1 amide bonds. The maximum atomic E-state index is 11.7. The molecule has 4 nitrogen and oxygen atoms in total. The number of aromatic amines is 1. The van der Waals surface area contributed by atoms with Gasteiger partial charge in [0.1, 0.15) is 0 Å². The summed E-state index contributed by atoms with van der Waals surface area (Å²) in [5, 5.41) is 10.6. The van der Waals surface area contributed by atoms with Crippen LogP contribution in [0, 0.1) is 0 Å². The fourth-order valence-corrected chi connectivity index (χ4v) is 2.14. The number of H-pyrrole nitrogens is 1. The summed E-state index contributed by atoms with van der Waals surface area (Å²) < 4.78 is 0. The molecule has 0 radical (unpaired) electrons. The first kappa shape index (κ1) is 13.9. The van der Waals surface area contributed by atoms with Crippen LogP contribution in [0.25, 0.3) is 0 Å². The van der Waals surface area contributed by atoms with Crippen molar-refractivity contribution in [2.45, 2.75) is 19.4 Å². The molecule has 0 aliphatic rings. The van der Waals surface area contributed by atoms with Gasteiger partial charge in [-0.1, -0.05) is 29.3 Å². The van der Waals surface area contributed by atoms with Gasteiger partial charge in [0.25, 0.3) is 0 Å². The van der Waals surface area contributed by atoms with Gasteiger partial charge < -0.3 is 5.32 Å². The molecule has 0 atom stereocenters. The molecule has 1 heterocycles. The van der Waals surface area contributed by atoms with Gasteiger partial charge in [-0.15, -0.1) is 0 Å². The molecule has 0 bridgehead atoms. The van der Waals surface area contributed by atoms with Crippen molar-refractivity contribution in [3.8, 4) is 0 Å². The molecule has 19 heavy (non-hydrogen) atoms. The summed E-state index contributed by atoms with van der Waals surface area (Å²) in [5.74, 6) is -0.0272. The third kappa shape index (κ3) is 4.26. The SMILES string of the molecule is O=C(CCc1ccc(Cl)cc1Cl)NCc1ccn[nH]1. The second-order valence-electron chi connectivity index (χ2n) is 4.09. The Hall–Kier alpha value is -1.52. The molecule has 0 fully saturated rings. The van der Waals surface area contributed by atoms with E-state index < -0.39 is 0 Å². The molecule has 6 heteroatoms. The molecule has 1 aromatic heterocycles. The lowest BCUT2D eigenvalue weighted by molar-refractivity contribution is -0.121. The number of carbonyl (C=O) groups is 1. The van der Waals surface area contributed by atoms with E-state index in [-0.39, 0.29) is 5.91 Å². The van der Waals surface area contributed by atoms with Crippen LogP contribution >= 0.6 is 23.2 Å². The minimum absolute atomic E-state index is 0.0272. The summed E-state index contributed by atoms with van der Waals surface area (Å²) in [7, 11) is 0. The minimum Gasteiger partial charge on any atom is -0.350 e. The summed E-state index contributed by atoms with van der Waals surface area (Å²) in [6.07, 6.45) is 2.62. The highest BCUT2D eigenvalue weighted by molar-refractivity contribution is 6.35. The lowest BCUT2D eigenvalue weighted by Crippen LogP contribution is -2.23. The fraction of sp³-hybridized carbons (Fsp3) is 0.231. The van der Waals surface area contributed by atoms with Crippen molar-refractivity contribution in [3.63, 3.8) is 0 Å². The summed E-state index contributed by atoms with van der Waals surface area (Å²) in [4.78, 5) is 11.7. The third-order valence-corrected chi connectivity index (χ3v) is 3.26. The molecule has 0 spiro atoms. The molecule has 0 aliphatic carbocycles. The molecule has 0 aliphatic heterocycles. The monoisotopic (exact) mass is 297 g/mol. The van der Waals surface area contributed by atoms with Crippen LogP contribution in [0.3, 0.4) is 0 Å². The Balaban J connectivity index is 1.80.